The van der Waals surface area contributed by atoms with E-state index >= 15 is 0 Å². The highest BCUT2D eigenvalue weighted by molar-refractivity contribution is 5.81. The third-order valence-corrected chi connectivity index (χ3v) is 3.83. The van der Waals surface area contributed by atoms with E-state index in [2.05, 4.69) is 5.32 Å². The Hall–Kier alpha value is -1.10. The van der Waals surface area contributed by atoms with Crippen molar-refractivity contribution in [2.24, 2.45) is 0 Å². The molecule has 5 nitrogen and oxygen atoms in total. The number of hydrogen-bond acceptors (Lipinski definition) is 3. The van der Waals surface area contributed by atoms with Crippen molar-refractivity contribution < 1.29 is 9.59 Å². The SMILES string of the molecule is CCN(CC(=O)NC(C)C)CC(=O)N1CCCCCCC1. The van der Waals surface area contributed by atoms with E-state index in [0.29, 0.717) is 19.6 Å². The third kappa shape index (κ3) is 7.46. The van der Waals surface area contributed by atoms with Gasteiger partial charge in [-0.25, -0.2) is 0 Å². The van der Waals surface area contributed by atoms with Crippen LogP contribution in [0.3, 0.4) is 0 Å². The van der Waals surface area contributed by atoms with Crippen LogP contribution in [0.2, 0.25) is 0 Å². The summed E-state index contributed by atoms with van der Waals surface area (Å²) in [5.41, 5.74) is 0. The topological polar surface area (TPSA) is 52.7 Å². The second-order valence-corrected chi connectivity index (χ2v) is 6.17. The van der Waals surface area contributed by atoms with Gasteiger partial charge in [-0.3, -0.25) is 14.5 Å². The van der Waals surface area contributed by atoms with Gasteiger partial charge in [-0.2, -0.15) is 0 Å². The summed E-state index contributed by atoms with van der Waals surface area (Å²) < 4.78 is 0. The van der Waals surface area contributed by atoms with Crippen molar-refractivity contribution in [2.75, 3.05) is 32.7 Å². The molecule has 0 aromatic carbocycles. The number of hydrogen-bond donors (Lipinski definition) is 1. The molecule has 1 heterocycles. The van der Waals surface area contributed by atoms with Crippen LogP contribution in [0.4, 0.5) is 0 Å². The summed E-state index contributed by atoms with van der Waals surface area (Å²) in [6.07, 6.45) is 5.94. The van der Waals surface area contributed by atoms with Crippen LogP contribution in [-0.2, 0) is 9.59 Å². The summed E-state index contributed by atoms with van der Waals surface area (Å²) in [4.78, 5) is 28.1. The maximum Gasteiger partial charge on any atom is 0.236 e. The van der Waals surface area contributed by atoms with E-state index in [1.165, 1.54) is 19.3 Å². The van der Waals surface area contributed by atoms with Crippen LogP contribution in [0.15, 0.2) is 0 Å². The first-order chi connectivity index (χ1) is 10.0. The Balaban J connectivity index is 2.43. The molecule has 1 N–H and O–H groups in total. The summed E-state index contributed by atoms with van der Waals surface area (Å²) in [5, 5.41) is 2.87. The van der Waals surface area contributed by atoms with Gasteiger partial charge in [-0.1, -0.05) is 26.2 Å². The molecule has 1 saturated heterocycles. The molecule has 0 aliphatic carbocycles. The quantitative estimate of drug-likeness (QED) is 0.810. The fourth-order valence-electron chi connectivity index (χ4n) is 2.64. The van der Waals surface area contributed by atoms with Gasteiger partial charge in [0.2, 0.25) is 11.8 Å². The molecule has 0 atom stereocenters. The molecule has 0 radical (unpaired) electrons. The summed E-state index contributed by atoms with van der Waals surface area (Å²) >= 11 is 0. The highest BCUT2D eigenvalue weighted by atomic mass is 16.2. The Morgan fingerprint density at radius 3 is 2.14 bits per heavy atom. The number of nitrogens with zero attached hydrogens (tertiary/aromatic N) is 2. The molecule has 0 unspecified atom stereocenters. The number of rotatable bonds is 6. The van der Waals surface area contributed by atoms with Gasteiger partial charge >= 0.3 is 0 Å². The maximum absolute atomic E-state index is 12.4. The number of carbonyl (C=O) groups excluding carboxylic acids is 2. The lowest BCUT2D eigenvalue weighted by Crippen LogP contribution is -2.46. The van der Waals surface area contributed by atoms with Gasteiger partial charge in [-0.05, 0) is 33.2 Å². The Labute approximate surface area is 129 Å². The molecule has 0 aromatic rings. The Kier molecular flexibility index (Phi) is 8.35. The average molecular weight is 297 g/mol. The van der Waals surface area contributed by atoms with Crippen LogP contribution >= 0.6 is 0 Å². The molecule has 2 amide bonds. The lowest BCUT2D eigenvalue weighted by atomic mass is 10.1. The smallest absolute Gasteiger partial charge is 0.236 e. The van der Waals surface area contributed by atoms with E-state index in [0.717, 1.165) is 25.9 Å². The molecular formula is C16H31N3O2. The maximum atomic E-state index is 12.4. The van der Waals surface area contributed by atoms with Crippen molar-refractivity contribution in [2.45, 2.75) is 58.9 Å². The summed E-state index contributed by atoms with van der Waals surface area (Å²) in [6.45, 7) is 8.98. The van der Waals surface area contributed by atoms with E-state index < -0.39 is 0 Å². The molecule has 1 aliphatic heterocycles. The van der Waals surface area contributed by atoms with Crippen LogP contribution in [0.25, 0.3) is 0 Å². The van der Waals surface area contributed by atoms with Gasteiger partial charge in [0.05, 0.1) is 13.1 Å². The number of nitrogens with one attached hydrogen (secondary N) is 1. The second-order valence-electron chi connectivity index (χ2n) is 6.17. The molecule has 0 spiro atoms. The third-order valence-electron chi connectivity index (χ3n) is 3.83. The molecule has 1 rings (SSSR count). The van der Waals surface area contributed by atoms with E-state index in [9.17, 15) is 9.59 Å². The van der Waals surface area contributed by atoms with Crippen molar-refractivity contribution in [1.29, 1.82) is 0 Å². The van der Waals surface area contributed by atoms with Gasteiger partial charge in [0.15, 0.2) is 0 Å². The molecule has 21 heavy (non-hydrogen) atoms. The van der Waals surface area contributed by atoms with Crippen molar-refractivity contribution >= 4 is 11.8 Å². The average Bonchev–Trinajstić information content (AvgIpc) is 2.36. The standard InChI is InChI=1S/C16H31N3O2/c1-4-18(12-15(20)17-14(2)3)13-16(21)19-10-8-6-5-7-9-11-19/h14H,4-13H2,1-3H3,(H,17,20). The van der Waals surface area contributed by atoms with Crippen LogP contribution in [0, 0.1) is 0 Å². The van der Waals surface area contributed by atoms with Gasteiger partial charge in [0, 0.05) is 19.1 Å². The largest absolute Gasteiger partial charge is 0.353 e. The van der Waals surface area contributed by atoms with Crippen molar-refractivity contribution in [3.8, 4) is 0 Å². The zero-order valence-corrected chi connectivity index (χ0v) is 13.9. The van der Waals surface area contributed by atoms with Crippen LogP contribution < -0.4 is 5.32 Å². The van der Waals surface area contributed by atoms with E-state index in [1.54, 1.807) is 0 Å². The number of likely N-dealkylation sites (N-methyl/N-ethyl adjacent to an activating group) is 1. The first-order valence-electron chi connectivity index (χ1n) is 8.32. The highest BCUT2D eigenvalue weighted by Crippen LogP contribution is 2.10. The van der Waals surface area contributed by atoms with Gasteiger partial charge in [0.1, 0.15) is 0 Å². The van der Waals surface area contributed by atoms with Crippen LogP contribution in [0.1, 0.15) is 52.9 Å². The molecule has 5 heteroatoms. The zero-order valence-electron chi connectivity index (χ0n) is 13.9. The molecule has 0 saturated carbocycles. The Bertz CT molecular complexity index is 323. The van der Waals surface area contributed by atoms with Crippen molar-refractivity contribution in [1.82, 2.24) is 15.1 Å². The lowest BCUT2D eigenvalue weighted by Gasteiger charge is -2.28. The minimum absolute atomic E-state index is 0.00711. The van der Waals surface area contributed by atoms with Gasteiger partial charge in [-0.15, -0.1) is 0 Å². The fraction of sp³-hybridized carbons (Fsp3) is 0.875. The summed E-state index contributed by atoms with van der Waals surface area (Å²) in [5.74, 6) is 0.156. The number of carbonyl (C=O) groups is 2. The predicted molar refractivity (Wildman–Crippen MR) is 85.1 cm³/mol. The van der Waals surface area contributed by atoms with E-state index in [4.69, 9.17) is 0 Å². The number of amides is 2. The molecular weight excluding hydrogens is 266 g/mol. The predicted octanol–water partition coefficient (Wildman–Crippen LogP) is 1.63. The van der Waals surface area contributed by atoms with E-state index in [-0.39, 0.29) is 17.9 Å². The lowest BCUT2D eigenvalue weighted by molar-refractivity contribution is -0.133. The van der Waals surface area contributed by atoms with Gasteiger partial charge < -0.3 is 10.2 Å². The molecule has 1 fully saturated rings. The second kappa shape index (κ2) is 9.77. The normalized spacial score (nSPS) is 16.7. The number of likely N-dealkylation sites (tertiary alicyclic amines) is 1. The van der Waals surface area contributed by atoms with Crippen molar-refractivity contribution in [3.63, 3.8) is 0 Å². The molecule has 0 aromatic heterocycles. The van der Waals surface area contributed by atoms with Gasteiger partial charge in [0.25, 0.3) is 0 Å². The summed E-state index contributed by atoms with van der Waals surface area (Å²) in [7, 11) is 0. The Morgan fingerprint density at radius 2 is 1.62 bits per heavy atom. The minimum Gasteiger partial charge on any atom is -0.353 e. The molecule has 0 bridgehead atoms. The molecule has 122 valence electrons. The van der Waals surface area contributed by atoms with Crippen molar-refractivity contribution in [3.05, 3.63) is 0 Å². The van der Waals surface area contributed by atoms with E-state index in [1.807, 2.05) is 30.6 Å². The minimum atomic E-state index is -0.00711. The molecule has 1 aliphatic rings. The summed E-state index contributed by atoms with van der Waals surface area (Å²) in [6, 6.07) is 0.140. The fourth-order valence-corrected chi connectivity index (χ4v) is 2.64. The monoisotopic (exact) mass is 297 g/mol. The van der Waals surface area contributed by atoms with Crippen LogP contribution in [0.5, 0.6) is 0 Å². The zero-order chi connectivity index (χ0) is 15.7. The van der Waals surface area contributed by atoms with Crippen LogP contribution in [-0.4, -0.2) is 60.4 Å². The first kappa shape index (κ1) is 18.0. The first-order valence-corrected chi connectivity index (χ1v) is 8.32. The Morgan fingerprint density at radius 1 is 1.05 bits per heavy atom. The highest BCUT2D eigenvalue weighted by Gasteiger charge is 2.19.